The largest absolute Gasteiger partial charge is 0.385 e. The molecular weight excluding hydrogens is 317 g/mol. The Bertz CT molecular complexity index is 835. The van der Waals surface area contributed by atoms with Gasteiger partial charge in [-0.3, -0.25) is 9.78 Å². The molecule has 0 saturated heterocycles. The molecule has 1 amide bonds. The Morgan fingerprint density at radius 3 is 2.44 bits per heavy atom. The number of amides is 1. The molecule has 1 heterocycles. The Labute approximate surface area is 145 Å². The summed E-state index contributed by atoms with van der Waals surface area (Å²) in [6.07, 6.45) is 3.75. The summed E-state index contributed by atoms with van der Waals surface area (Å²) in [5.41, 5.74) is 2.81. The van der Waals surface area contributed by atoms with E-state index in [1.54, 1.807) is 30.5 Å². The topological polar surface area (TPSA) is 54.0 Å². The van der Waals surface area contributed by atoms with E-state index in [0.717, 1.165) is 5.69 Å². The second kappa shape index (κ2) is 8.06. The van der Waals surface area contributed by atoms with Gasteiger partial charge in [0.25, 0.3) is 5.91 Å². The fourth-order valence-electron chi connectivity index (χ4n) is 2.41. The number of nitrogens with zero attached hydrogens (tertiary/aromatic N) is 1. The molecule has 4 nitrogen and oxygen atoms in total. The molecule has 0 radical (unpaired) electrons. The Hall–Kier alpha value is -3.21. The number of benzene rings is 2. The molecule has 126 valence electrons. The van der Waals surface area contributed by atoms with Crippen molar-refractivity contribution in [2.75, 3.05) is 17.2 Å². The maximum absolute atomic E-state index is 13.6. The van der Waals surface area contributed by atoms with Crippen molar-refractivity contribution in [3.05, 3.63) is 90.0 Å². The first-order valence-electron chi connectivity index (χ1n) is 8.01. The van der Waals surface area contributed by atoms with E-state index in [9.17, 15) is 9.18 Å². The Balaban J connectivity index is 1.52. The van der Waals surface area contributed by atoms with Gasteiger partial charge in [0.1, 0.15) is 5.82 Å². The van der Waals surface area contributed by atoms with Crippen molar-refractivity contribution >= 4 is 17.3 Å². The standard InChI is InChI=1S/C20H18FN3O/c21-19-6-2-1-4-15(19)11-13-23-17-7-9-18(10-8-17)24-20(25)16-5-3-12-22-14-16/h1-10,12,14,23H,11,13H2,(H,24,25). The van der Waals surface area contributed by atoms with E-state index in [1.165, 1.54) is 12.3 Å². The molecular formula is C20H18FN3O. The van der Waals surface area contributed by atoms with Crippen LogP contribution in [0.25, 0.3) is 0 Å². The van der Waals surface area contributed by atoms with Crippen LogP contribution in [0.5, 0.6) is 0 Å². The summed E-state index contributed by atoms with van der Waals surface area (Å²) in [6, 6.07) is 17.6. The highest BCUT2D eigenvalue weighted by Crippen LogP contribution is 2.15. The van der Waals surface area contributed by atoms with Gasteiger partial charge in [0.15, 0.2) is 0 Å². The van der Waals surface area contributed by atoms with Crippen LogP contribution in [-0.2, 0) is 6.42 Å². The number of pyridine rings is 1. The van der Waals surface area contributed by atoms with Crippen molar-refractivity contribution in [1.29, 1.82) is 0 Å². The third kappa shape index (κ3) is 4.64. The fourth-order valence-corrected chi connectivity index (χ4v) is 2.41. The summed E-state index contributed by atoms with van der Waals surface area (Å²) in [4.78, 5) is 16.0. The number of carbonyl (C=O) groups is 1. The molecule has 0 aliphatic rings. The summed E-state index contributed by atoms with van der Waals surface area (Å²) in [6.45, 7) is 0.627. The van der Waals surface area contributed by atoms with Gasteiger partial charge in [-0.15, -0.1) is 0 Å². The van der Waals surface area contributed by atoms with Gasteiger partial charge in [0.2, 0.25) is 0 Å². The van der Waals surface area contributed by atoms with Gasteiger partial charge >= 0.3 is 0 Å². The van der Waals surface area contributed by atoms with Gasteiger partial charge in [0, 0.05) is 30.3 Å². The molecule has 0 aliphatic heterocycles. The third-order valence-electron chi connectivity index (χ3n) is 3.75. The zero-order valence-electron chi connectivity index (χ0n) is 13.6. The van der Waals surface area contributed by atoms with Crippen LogP contribution in [0.2, 0.25) is 0 Å². The number of rotatable bonds is 6. The quantitative estimate of drug-likeness (QED) is 0.712. The molecule has 1 aromatic heterocycles. The SMILES string of the molecule is O=C(Nc1ccc(NCCc2ccccc2F)cc1)c1cccnc1. The van der Waals surface area contributed by atoms with E-state index >= 15 is 0 Å². The number of nitrogens with one attached hydrogen (secondary N) is 2. The summed E-state index contributed by atoms with van der Waals surface area (Å²) >= 11 is 0. The first-order valence-corrected chi connectivity index (χ1v) is 8.01. The van der Waals surface area contributed by atoms with E-state index < -0.39 is 0 Å². The van der Waals surface area contributed by atoms with E-state index in [1.807, 2.05) is 30.3 Å². The first-order chi connectivity index (χ1) is 12.2. The number of hydrogen-bond acceptors (Lipinski definition) is 3. The number of hydrogen-bond donors (Lipinski definition) is 2. The van der Waals surface area contributed by atoms with Gasteiger partial charge in [-0.2, -0.15) is 0 Å². The summed E-state index contributed by atoms with van der Waals surface area (Å²) in [5.74, 6) is -0.383. The average molecular weight is 335 g/mol. The minimum atomic E-state index is -0.201. The van der Waals surface area contributed by atoms with Crippen LogP contribution in [0.4, 0.5) is 15.8 Å². The van der Waals surface area contributed by atoms with E-state index in [0.29, 0.717) is 29.8 Å². The molecule has 2 N–H and O–H groups in total. The van der Waals surface area contributed by atoms with Gasteiger partial charge in [-0.25, -0.2) is 4.39 Å². The second-order valence-corrected chi connectivity index (χ2v) is 5.54. The van der Waals surface area contributed by atoms with Crippen LogP contribution < -0.4 is 10.6 Å². The van der Waals surface area contributed by atoms with Gasteiger partial charge in [0.05, 0.1) is 5.56 Å². The molecule has 5 heteroatoms. The van der Waals surface area contributed by atoms with Crippen molar-refractivity contribution in [1.82, 2.24) is 4.98 Å². The fraction of sp³-hybridized carbons (Fsp3) is 0.100. The predicted octanol–water partition coefficient (Wildman–Crippen LogP) is 4.13. The molecule has 0 bridgehead atoms. The molecule has 3 aromatic rings. The average Bonchev–Trinajstić information content (AvgIpc) is 2.65. The number of anilines is 2. The van der Waals surface area contributed by atoms with Gasteiger partial charge in [-0.1, -0.05) is 18.2 Å². The van der Waals surface area contributed by atoms with E-state index in [2.05, 4.69) is 15.6 Å². The normalized spacial score (nSPS) is 10.3. The van der Waals surface area contributed by atoms with Crippen LogP contribution >= 0.6 is 0 Å². The number of aromatic nitrogens is 1. The first kappa shape index (κ1) is 16.6. The predicted molar refractivity (Wildman–Crippen MR) is 97.2 cm³/mol. The lowest BCUT2D eigenvalue weighted by molar-refractivity contribution is 0.102. The van der Waals surface area contributed by atoms with E-state index in [4.69, 9.17) is 0 Å². The van der Waals surface area contributed by atoms with Crippen molar-refractivity contribution in [3.8, 4) is 0 Å². The molecule has 0 saturated carbocycles. The molecule has 0 aliphatic carbocycles. The van der Waals surface area contributed by atoms with Crippen molar-refractivity contribution in [2.24, 2.45) is 0 Å². The summed E-state index contributed by atoms with van der Waals surface area (Å²) in [5, 5.41) is 6.06. The summed E-state index contributed by atoms with van der Waals surface area (Å²) < 4.78 is 13.6. The molecule has 0 spiro atoms. The molecule has 0 unspecified atom stereocenters. The lowest BCUT2D eigenvalue weighted by Crippen LogP contribution is -2.12. The van der Waals surface area contributed by atoms with Crippen LogP contribution in [0.15, 0.2) is 73.1 Å². The highest BCUT2D eigenvalue weighted by Gasteiger charge is 2.05. The van der Waals surface area contributed by atoms with Crippen molar-refractivity contribution in [2.45, 2.75) is 6.42 Å². The molecule has 3 rings (SSSR count). The number of carbonyl (C=O) groups excluding carboxylic acids is 1. The summed E-state index contributed by atoms with van der Waals surface area (Å²) in [7, 11) is 0. The highest BCUT2D eigenvalue weighted by molar-refractivity contribution is 6.04. The molecule has 25 heavy (non-hydrogen) atoms. The van der Waals surface area contributed by atoms with Crippen molar-refractivity contribution in [3.63, 3.8) is 0 Å². The number of halogens is 1. The smallest absolute Gasteiger partial charge is 0.257 e. The maximum atomic E-state index is 13.6. The van der Waals surface area contributed by atoms with Gasteiger partial charge < -0.3 is 10.6 Å². The monoisotopic (exact) mass is 335 g/mol. The molecule has 0 fully saturated rings. The van der Waals surface area contributed by atoms with Crippen LogP contribution in [0, 0.1) is 5.82 Å². The lowest BCUT2D eigenvalue weighted by atomic mass is 10.1. The lowest BCUT2D eigenvalue weighted by Gasteiger charge is -2.09. The Morgan fingerprint density at radius 1 is 0.960 bits per heavy atom. The zero-order valence-corrected chi connectivity index (χ0v) is 13.6. The van der Waals surface area contributed by atoms with Crippen molar-refractivity contribution < 1.29 is 9.18 Å². The Kier molecular flexibility index (Phi) is 5.36. The maximum Gasteiger partial charge on any atom is 0.257 e. The van der Waals surface area contributed by atoms with Crippen LogP contribution in [0.3, 0.4) is 0 Å². The van der Waals surface area contributed by atoms with Crippen LogP contribution in [0.1, 0.15) is 15.9 Å². The minimum absolute atomic E-state index is 0.183. The van der Waals surface area contributed by atoms with Crippen LogP contribution in [-0.4, -0.2) is 17.4 Å². The third-order valence-corrected chi connectivity index (χ3v) is 3.75. The molecule has 2 aromatic carbocycles. The second-order valence-electron chi connectivity index (χ2n) is 5.54. The minimum Gasteiger partial charge on any atom is -0.385 e. The van der Waals surface area contributed by atoms with Gasteiger partial charge in [-0.05, 0) is 54.4 Å². The Morgan fingerprint density at radius 2 is 1.72 bits per heavy atom. The van der Waals surface area contributed by atoms with E-state index in [-0.39, 0.29) is 11.7 Å². The molecule has 0 atom stereocenters. The highest BCUT2D eigenvalue weighted by atomic mass is 19.1. The zero-order chi connectivity index (χ0) is 17.5.